The van der Waals surface area contributed by atoms with Crippen LogP contribution in [0.15, 0.2) is 27.6 Å². The lowest BCUT2D eigenvalue weighted by Gasteiger charge is -1.96. The summed E-state index contributed by atoms with van der Waals surface area (Å²) in [5, 5.41) is 19.7. The minimum atomic E-state index is -1.02. The number of aromatic amines is 1. The standard InChI is InChI=1S/C10H7N3O5/c14-9-8(13(16)17)10(15)12-7(11-9)4-3-6-2-1-5-18-6/h1-5H,(H2,11,12,14,15)/b4-3-. The van der Waals surface area contributed by atoms with Gasteiger partial charge in [-0.2, -0.15) is 4.98 Å². The minimum Gasteiger partial charge on any atom is -0.488 e. The summed E-state index contributed by atoms with van der Waals surface area (Å²) in [7, 11) is 0. The maximum Gasteiger partial charge on any atom is 0.395 e. The van der Waals surface area contributed by atoms with Crippen molar-refractivity contribution in [2.24, 2.45) is 0 Å². The summed E-state index contributed by atoms with van der Waals surface area (Å²) in [5.41, 5.74) is -2.00. The molecular formula is C10H7N3O5. The Hall–Kier alpha value is -2.90. The van der Waals surface area contributed by atoms with Gasteiger partial charge in [-0.3, -0.25) is 14.9 Å². The van der Waals surface area contributed by atoms with E-state index in [1.165, 1.54) is 18.4 Å². The van der Waals surface area contributed by atoms with Gasteiger partial charge in [-0.05, 0) is 24.3 Å². The van der Waals surface area contributed by atoms with E-state index < -0.39 is 22.0 Å². The van der Waals surface area contributed by atoms with Crippen LogP contribution in [0.3, 0.4) is 0 Å². The number of aromatic hydroxyl groups is 1. The highest BCUT2D eigenvalue weighted by molar-refractivity contribution is 5.64. The number of furan rings is 1. The molecule has 8 heteroatoms. The Morgan fingerprint density at radius 1 is 1.50 bits per heavy atom. The summed E-state index contributed by atoms with van der Waals surface area (Å²) in [6.07, 6.45) is 4.30. The Bertz CT molecular complexity index is 657. The van der Waals surface area contributed by atoms with Crippen LogP contribution in [0, 0.1) is 10.1 Å². The number of rotatable bonds is 3. The van der Waals surface area contributed by atoms with Crippen LogP contribution < -0.4 is 5.56 Å². The summed E-state index contributed by atoms with van der Waals surface area (Å²) in [5.74, 6) is -0.433. The molecule has 0 fully saturated rings. The highest BCUT2D eigenvalue weighted by Crippen LogP contribution is 2.17. The summed E-state index contributed by atoms with van der Waals surface area (Å²) in [6.45, 7) is 0. The molecule has 8 nitrogen and oxygen atoms in total. The molecule has 0 saturated carbocycles. The highest BCUT2D eigenvalue weighted by atomic mass is 16.6. The zero-order chi connectivity index (χ0) is 13.1. The van der Waals surface area contributed by atoms with Gasteiger partial charge < -0.3 is 14.5 Å². The summed E-state index contributed by atoms with van der Waals surface area (Å²) < 4.78 is 5.00. The van der Waals surface area contributed by atoms with Crippen LogP contribution in [-0.2, 0) is 0 Å². The van der Waals surface area contributed by atoms with E-state index in [4.69, 9.17) is 4.42 Å². The van der Waals surface area contributed by atoms with Gasteiger partial charge in [0.2, 0.25) is 0 Å². The van der Waals surface area contributed by atoms with Crippen LogP contribution in [-0.4, -0.2) is 20.0 Å². The fourth-order valence-electron chi connectivity index (χ4n) is 1.26. The molecule has 2 rings (SSSR count). The highest BCUT2D eigenvalue weighted by Gasteiger charge is 2.21. The fourth-order valence-corrected chi connectivity index (χ4v) is 1.26. The summed E-state index contributed by atoms with van der Waals surface area (Å²) in [4.78, 5) is 26.4. The average Bonchev–Trinajstić information content (AvgIpc) is 2.77. The van der Waals surface area contributed by atoms with Crippen molar-refractivity contribution in [1.82, 2.24) is 9.97 Å². The number of hydrogen-bond donors (Lipinski definition) is 2. The SMILES string of the molecule is O=c1[nH]c(/C=C\c2ccco2)nc(O)c1[N+](=O)[O-]. The van der Waals surface area contributed by atoms with Gasteiger partial charge in [0.25, 0.3) is 5.88 Å². The molecule has 18 heavy (non-hydrogen) atoms. The molecule has 0 aliphatic rings. The smallest absolute Gasteiger partial charge is 0.395 e. The molecular weight excluding hydrogens is 242 g/mol. The summed E-state index contributed by atoms with van der Waals surface area (Å²) >= 11 is 0. The molecule has 0 radical (unpaired) electrons. The molecule has 2 aromatic rings. The number of hydrogen-bond acceptors (Lipinski definition) is 6. The molecule has 2 aromatic heterocycles. The molecule has 0 spiro atoms. The number of aromatic nitrogens is 2. The van der Waals surface area contributed by atoms with Gasteiger partial charge in [-0.1, -0.05) is 0 Å². The monoisotopic (exact) mass is 249 g/mol. The second-order valence-electron chi connectivity index (χ2n) is 3.23. The largest absolute Gasteiger partial charge is 0.488 e. The van der Waals surface area contributed by atoms with E-state index in [9.17, 15) is 20.0 Å². The van der Waals surface area contributed by atoms with Crippen molar-refractivity contribution in [3.8, 4) is 5.88 Å². The van der Waals surface area contributed by atoms with Crippen molar-refractivity contribution in [3.63, 3.8) is 0 Å². The molecule has 0 amide bonds. The maximum absolute atomic E-state index is 11.3. The topological polar surface area (TPSA) is 122 Å². The Labute approximate surface area is 99.4 Å². The Morgan fingerprint density at radius 2 is 2.28 bits per heavy atom. The molecule has 92 valence electrons. The third kappa shape index (κ3) is 2.26. The predicted octanol–water partition coefficient (Wildman–Crippen LogP) is 1.15. The van der Waals surface area contributed by atoms with Crippen LogP contribution in [0.25, 0.3) is 12.2 Å². The first-order valence-corrected chi connectivity index (χ1v) is 4.77. The van der Waals surface area contributed by atoms with E-state index in [-0.39, 0.29) is 5.82 Å². The van der Waals surface area contributed by atoms with Crippen molar-refractivity contribution in [2.45, 2.75) is 0 Å². The van der Waals surface area contributed by atoms with Gasteiger partial charge >= 0.3 is 11.2 Å². The van der Waals surface area contributed by atoms with Crippen LogP contribution >= 0.6 is 0 Å². The van der Waals surface area contributed by atoms with Gasteiger partial charge in [0.15, 0.2) is 0 Å². The van der Waals surface area contributed by atoms with E-state index in [1.807, 2.05) is 0 Å². The first kappa shape index (κ1) is 11.6. The van der Waals surface area contributed by atoms with E-state index in [0.717, 1.165) is 0 Å². The average molecular weight is 249 g/mol. The molecule has 0 aromatic carbocycles. The summed E-state index contributed by atoms with van der Waals surface area (Å²) in [6, 6.07) is 3.34. The molecule has 0 atom stereocenters. The molecule has 0 saturated heterocycles. The molecule has 0 bridgehead atoms. The van der Waals surface area contributed by atoms with Crippen molar-refractivity contribution in [1.29, 1.82) is 0 Å². The van der Waals surface area contributed by atoms with Crippen LogP contribution in [0.4, 0.5) is 5.69 Å². The molecule has 2 N–H and O–H groups in total. The Kier molecular flexibility index (Phi) is 2.92. The zero-order valence-corrected chi connectivity index (χ0v) is 8.86. The van der Waals surface area contributed by atoms with Crippen LogP contribution in [0.1, 0.15) is 11.6 Å². The number of H-pyrrole nitrogens is 1. The molecule has 0 aliphatic heterocycles. The Morgan fingerprint density at radius 3 is 2.83 bits per heavy atom. The third-order valence-corrected chi connectivity index (χ3v) is 2.03. The van der Waals surface area contributed by atoms with Gasteiger partial charge in [0.05, 0.1) is 11.2 Å². The normalized spacial score (nSPS) is 10.9. The van der Waals surface area contributed by atoms with Gasteiger partial charge in [0, 0.05) is 0 Å². The van der Waals surface area contributed by atoms with Gasteiger partial charge in [-0.15, -0.1) is 0 Å². The van der Waals surface area contributed by atoms with Crippen molar-refractivity contribution in [3.05, 3.63) is 50.4 Å². The maximum atomic E-state index is 11.3. The minimum absolute atomic E-state index is 0.0144. The molecule has 0 aliphatic carbocycles. The van der Waals surface area contributed by atoms with Crippen LogP contribution in [0.5, 0.6) is 5.88 Å². The number of nitro groups is 1. The van der Waals surface area contributed by atoms with E-state index in [2.05, 4.69) is 9.97 Å². The first-order chi connectivity index (χ1) is 8.58. The first-order valence-electron chi connectivity index (χ1n) is 4.77. The molecule has 2 heterocycles. The molecule has 0 unspecified atom stereocenters. The lowest BCUT2D eigenvalue weighted by Crippen LogP contribution is -2.14. The third-order valence-electron chi connectivity index (χ3n) is 2.03. The van der Waals surface area contributed by atoms with E-state index in [1.54, 1.807) is 12.1 Å². The van der Waals surface area contributed by atoms with Crippen molar-refractivity contribution >= 4 is 17.8 Å². The lowest BCUT2D eigenvalue weighted by molar-refractivity contribution is -0.387. The van der Waals surface area contributed by atoms with Crippen molar-refractivity contribution < 1.29 is 14.4 Å². The second-order valence-corrected chi connectivity index (χ2v) is 3.23. The van der Waals surface area contributed by atoms with Gasteiger partial charge in [0.1, 0.15) is 11.6 Å². The quantitative estimate of drug-likeness (QED) is 0.621. The van der Waals surface area contributed by atoms with Gasteiger partial charge in [-0.25, -0.2) is 0 Å². The number of nitrogens with one attached hydrogen (secondary N) is 1. The fraction of sp³-hybridized carbons (Fsp3) is 0. The number of nitrogens with zero attached hydrogens (tertiary/aromatic N) is 2. The second kappa shape index (κ2) is 4.53. The van der Waals surface area contributed by atoms with Crippen LogP contribution in [0.2, 0.25) is 0 Å². The predicted molar refractivity (Wildman–Crippen MR) is 60.8 cm³/mol. The zero-order valence-electron chi connectivity index (χ0n) is 8.86. The van der Waals surface area contributed by atoms with Crippen molar-refractivity contribution in [2.75, 3.05) is 0 Å². The Balaban J connectivity index is 2.37. The van der Waals surface area contributed by atoms with E-state index >= 15 is 0 Å². The van der Waals surface area contributed by atoms with E-state index in [0.29, 0.717) is 5.76 Å². The lowest BCUT2D eigenvalue weighted by atomic mass is 10.4.